The molecule has 0 atom stereocenters. The fourth-order valence-corrected chi connectivity index (χ4v) is 2.10. The van der Waals surface area contributed by atoms with E-state index in [9.17, 15) is 18.0 Å². The minimum absolute atomic E-state index is 0.474. The molecule has 1 fully saturated rings. The quantitative estimate of drug-likeness (QED) is 0.904. The Kier molecular flexibility index (Phi) is 3.27. The van der Waals surface area contributed by atoms with E-state index in [1.807, 2.05) is 5.32 Å². The lowest BCUT2D eigenvalue weighted by Gasteiger charge is -2.16. The number of amides is 1. The summed E-state index contributed by atoms with van der Waals surface area (Å²) in [7, 11) is 0. The highest BCUT2D eigenvalue weighted by atomic mass is 35.5. The van der Waals surface area contributed by atoms with Gasteiger partial charge < -0.3 is 5.32 Å². The van der Waals surface area contributed by atoms with E-state index < -0.39 is 24.0 Å². The van der Waals surface area contributed by atoms with E-state index >= 15 is 0 Å². The highest BCUT2D eigenvalue weighted by molar-refractivity contribution is 6.30. The van der Waals surface area contributed by atoms with E-state index in [0.717, 1.165) is 0 Å². The summed E-state index contributed by atoms with van der Waals surface area (Å²) >= 11 is 5.82. The Morgan fingerprint density at radius 3 is 2.56 bits per heavy atom. The Morgan fingerprint density at radius 2 is 2.06 bits per heavy atom. The van der Waals surface area contributed by atoms with Crippen LogP contribution in [0.1, 0.15) is 18.4 Å². The Balaban J connectivity index is 2.10. The number of hydrogen-bond donors (Lipinski definition) is 1. The standard InChI is InChI=1S/C12H11ClF3NO/c13-9-3-1-2-8(6-9)11(4-5-11)10(18)17-7-12(14,15)16/h1-3,6H,4-5,7H2,(H,17,18). The molecule has 2 rings (SSSR count). The van der Waals surface area contributed by atoms with Gasteiger partial charge in [0, 0.05) is 5.02 Å². The van der Waals surface area contributed by atoms with Crippen molar-refractivity contribution < 1.29 is 18.0 Å². The molecule has 0 heterocycles. The maximum Gasteiger partial charge on any atom is 0.405 e. The number of hydrogen-bond acceptors (Lipinski definition) is 1. The molecule has 0 aromatic heterocycles. The summed E-state index contributed by atoms with van der Waals surface area (Å²) in [6, 6.07) is 6.69. The Hall–Kier alpha value is -1.23. The Morgan fingerprint density at radius 1 is 1.39 bits per heavy atom. The van der Waals surface area contributed by atoms with Crippen molar-refractivity contribution in [2.75, 3.05) is 6.54 Å². The first-order valence-electron chi connectivity index (χ1n) is 5.45. The molecule has 18 heavy (non-hydrogen) atoms. The third-order valence-electron chi connectivity index (χ3n) is 3.01. The van der Waals surface area contributed by atoms with Gasteiger partial charge in [-0.25, -0.2) is 0 Å². The normalized spacial score (nSPS) is 17.3. The zero-order valence-electron chi connectivity index (χ0n) is 9.35. The first-order valence-corrected chi connectivity index (χ1v) is 5.82. The summed E-state index contributed by atoms with van der Waals surface area (Å²) in [6.07, 6.45) is -3.28. The second-order valence-electron chi connectivity index (χ2n) is 4.39. The van der Waals surface area contributed by atoms with Gasteiger partial charge in [-0.1, -0.05) is 23.7 Å². The van der Waals surface area contributed by atoms with Crippen LogP contribution in [0, 0.1) is 0 Å². The largest absolute Gasteiger partial charge is 0.405 e. The molecule has 1 aromatic carbocycles. The second-order valence-corrected chi connectivity index (χ2v) is 4.83. The van der Waals surface area contributed by atoms with Crippen molar-refractivity contribution in [2.45, 2.75) is 24.4 Å². The van der Waals surface area contributed by atoms with Gasteiger partial charge in [0.25, 0.3) is 0 Å². The van der Waals surface area contributed by atoms with Crippen LogP contribution in [0.25, 0.3) is 0 Å². The maximum absolute atomic E-state index is 12.1. The van der Waals surface area contributed by atoms with E-state index in [0.29, 0.717) is 23.4 Å². The van der Waals surface area contributed by atoms with E-state index in [2.05, 4.69) is 0 Å². The summed E-state index contributed by atoms with van der Waals surface area (Å²) in [4.78, 5) is 11.8. The molecule has 1 aliphatic rings. The van der Waals surface area contributed by atoms with Gasteiger partial charge in [0.1, 0.15) is 6.54 Å². The van der Waals surface area contributed by atoms with Crippen LogP contribution in [-0.4, -0.2) is 18.6 Å². The molecule has 0 bridgehead atoms. The average Bonchev–Trinajstić information content (AvgIpc) is 3.06. The topological polar surface area (TPSA) is 29.1 Å². The van der Waals surface area contributed by atoms with Crippen LogP contribution < -0.4 is 5.32 Å². The van der Waals surface area contributed by atoms with Gasteiger partial charge >= 0.3 is 6.18 Å². The molecule has 1 N–H and O–H groups in total. The molecule has 0 unspecified atom stereocenters. The zero-order chi connectivity index (χ0) is 13.4. The smallest absolute Gasteiger partial charge is 0.346 e. The molecule has 0 saturated heterocycles. The highest BCUT2D eigenvalue weighted by Crippen LogP contribution is 2.48. The first kappa shape index (κ1) is 13.2. The minimum atomic E-state index is -4.39. The average molecular weight is 278 g/mol. The Bertz CT molecular complexity index is 469. The van der Waals surface area contributed by atoms with Crippen molar-refractivity contribution in [1.29, 1.82) is 0 Å². The van der Waals surface area contributed by atoms with Gasteiger partial charge in [-0.15, -0.1) is 0 Å². The number of rotatable bonds is 3. The number of halogens is 4. The van der Waals surface area contributed by atoms with E-state index in [1.165, 1.54) is 0 Å². The zero-order valence-corrected chi connectivity index (χ0v) is 10.1. The Labute approximate surface area is 107 Å². The first-order chi connectivity index (χ1) is 8.33. The second kappa shape index (κ2) is 4.46. The molecular formula is C12H11ClF3NO. The molecule has 0 spiro atoms. The molecule has 0 aliphatic heterocycles. The molecule has 1 aliphatic carbocycles. The summed E-state index contributed by atoms with van der Waals surface area (Å²) in [5.74, 6) is -0.581. The van der Waals surface area contributed by atoms with Crippen LogP contribution in [0.15, 0.2) is 24.3 Å². The van der Waals surface area contributed by atoms with Crippen molar-refractivity contribution in [1.82, 2.24) is 5.32 Å². The summed E-state index contributed by atoms with van der Waals surface area (Å²) in [5, 5.41) is 2.41. The van der Waals surface area contributed by atoms with Crippen LogP contribution in [-0.2, 0) is 10.2 Å². The fraction of sp³-hybridized carbons (Fsp3) is 0.417. The number of benzene rings is 1. The van der Waals surface area contributed by atoms with Crippen LogP contribution in [0.2, 0.25) is 5.02 Å². The maximum atomic E-state index is 12.1. The number of carbonyl (C=O) groups excluding carboxylic acids is 1. The van der Waals surface area contributed by atoms with Crippen molar-refractivity contribution in [3.8, 4) is 0 Å². The van der Waals surface area contributed by atoms with Gasteiger partial charge in [-0.05, 0) is 30.5 Å². The van der Waals surface area contributed by atoms with E-state index in [-0.39, 0.29) is 0 Å². The molecule has 98 valence electrons. The van der Waals surface area contributed by atoms with E-state index in [4.69, 9.17) is 11.6 Å². The third-order valence-corrected chi connectivity index (χ3v) is 3.25. The van der Waals surface area contributed by atoms with Gasteiger partial charge in [-0.3, -0.25) is 4.79 Å². The van der Waals surface area contributed by atoms with Crippen molar-refractivity contribution in [3.05, 3.63) is 34.9 Å². The predicted molar refractivity (Wildman–Crippen MR) is 61.4 cm³/mol. The molecule has 2 nitrogen and oxygen atoms in total. The number of alkyl halides is 3. The lowest BCUT2D eigenvalue weighted by molar-refractivity contribution is -0.139. The molecule has 1 amide bonds. The fourth-order valence-electron chi connectivity index (χ4n) is 1.91. The van der Waals surface area contributed by atoms with Crippen molar-refractivity contribution in [2.24, 2.45) is 0 Å². The van der Waals surface area contributed by atoms with Crippen molar-refractivity contribution in [3.63, 3.8) is 0 Å². The monoisotopic (exact) mass is 277 g/mol. The molecular weight excluding hydrogens is 267 g/mol. The minimum Gasteiger partial charge on any atom is -0.346 e. The van der Waals surface area contributed by atoms with Gasteiger partial charge in [-0.2, -0.15) is 13.2 Å². The van der Waals surface area contributed by atoms with Crippen LogP contribution in [0.3, 0.4) is 0 Å². The number of carbonyl (C=O) groups is 1. The van der Waals surface area contributed by atoms with Gasteiger partial charge in [0.15, 0.2) is 0 Å². The summed E-state index contributed by atoms with van der Waals surface area (Å²) in [5.41, 5.74) is -0.148. The van der Waals surface area contributed by atoms with Crippen molar-refractivity contribution >= 4 is 17.5 Å². The van der Waals surface area contributed by atoms with Gasteiger partial charge in [0.2, 0.25) is 5.91 Å². The van der Waals surface area contributed by atoms with E-state index in [1.54, 1.807) is 24.3 Å². The lowest BCUT2D eigenvalue weighted by Crippen LogP contribution is -2.40. The lowest BCUT2D eigenvalue weighted by atomic mass is 9.95. The third kappa shape index (κ3) is 2.77. The molecule has 0 radical (unpaired) electrons. The van der Waals surface area contributed by atoms with Crippen LogP contribution in [0.4, 0.5) is 13.2 Å². The molecule has 1 aromatic rings. The molecule has 6 heteroatoms. The number of nitrogens with one attached hydrogen (secondary N) is 1. The molecule has 1 saturated carbocycles. The predicted octanol–water partition coefficient (Wildman–Crippen LogP) is 3.05. The summed E-state index contributed by atoms with van der Waals surface area (Å²) in [6.45, 7) is -1.30. The SMILES string of the molecule is O=C(NCC(F)(F)F)C1(c2cccc(Cl)c2)CC1. The van der Waals surface area contributed by atoms with Crippen LogP contribution >= 0.6 is 11.6 Å². The van der Waals surface area contributed by atoms with Gasteiger partial charge in [0.05, 0.1) is 5.41 Å². The van der Waals surface area contributed by atoms with Crippen LogP contribution in [0.5, 0.6) is 0 Å². The summed E-state index contributed by atoms with van der Waals surface area (Å²) < 4.78 is 36.2. The highest BCUT2D eigenvalue weighted by Gasteiger charge is 2.51.